The smallest absolute Gasteiger partial charge is 0.250 e. The van der Waals surface area contributed by atoms with Gasteiger partial charge in [-0.25, -0.2) is 0 Å². The summed E-state index contributed by atoms with van der Waals surface area (Å²) in [6.07, 6.45) is 7.59. The fourth-order valence-corrected chi connectivity index (χ4v) is 3.40. The van der Waals surface area contributed by atoms with Crippen LogP contribution < -0.4 is 15.2 Å². The molecule has 4 rings (SSSR count). The highest BCUT2D eigenvalue weighted by Crippen LogP contribution is 2.39. The Hall–Kier alpha value is -1.76. The third kappa shape index (κ3) is 3.61. The minimum Gasteiger partial charge on any atom is -0.486 e. The summed E-state index contributed by atoms with van der Waals surface area (Å²) in [5.41, 5.74) is 6.76. The van der Waals surface area contributed by atoms with Gasteiger partial charge in [-0.15, -0.1) is 12.4 Å². The Balaban J connectivity index is 0.00000182. The standard InChI is InChI=1S/C17H18ClN3O3.ClH/c18-12-9-11(10-13-15(12)23-8-7-22-13)3-4-14-20-16(21-24-14)17(19)5-1-2-6-17;/h3-4,9-10H,1-2,5-8,19H2;1H/b4-3+;. The SMILES string of the molecule is Cl.NC1(c2noc(/C=C/c3cc(Cl)c4c(c3)OCCO4)n2)CCCC1. The Bertz CT molecular complexity index is 785. The molecule has 2 N–H and O–H groups in total. The number of halogens is 2. The maximum Gasteiger partial charge on any atom is 0.250 e. The van der Waals surface area contributed by atoms with Crippen molar-refractivity contribution in [2.75, 3.05) is 13.2 Å². The van der Waals surface area contributed by atoms with Crippen LogP contribution in [0.2, 0.25) is 5.02 Å². The molecule has 1 aliphatic heterocycles. The van der Waals surface area contributed by atoms with E-state index in [1.807, 2.05) is 18.2 Å². The Kier molecular flexibility index (Phi) is 5.22. The van der Waals surface area contributed by atoms with E-state index < -0.39 is 5.54 Å². The van der Waals surface area contributed by atoms with Crippen molar-refractivity contribution >= 4 is 36.2 Å². The lowest BCUT2D eigenvalue weighted by Crippen LogP contribution is -2.34. The minimum absolute atomic E-state index is 0. The minimum atomic E-state index is -0.449. The van der Waals surface area contributed by atoms with Crippen LogP contribution in [-0.2, 0) is 5.54 Å². The lowest BCUT2D eigenvalue weighted by molar-refractivity contribution is 0.171. The summed E-state index contributed by atoms with van der Waals surface area (Å²) >= 11 is 6.23. The van der Waals surface area contributed by atoms with Gasteiger partial charge in [0.15, 0.2) is 17.3 Å². The van der Waals surface area contributed by atoms with Crippen molar-refractivity contribution in [1.82, 2.24) is 10.1 Å². The monoisotopic (exact) mass is 383 g/mol. The Morgan fingerprint density at radius 3 is 2.68 bits per heavy atom. The Morgan fingerprint density at radius 1 is 1.12 bits per heavy atom. The van der Waals surface area contributed by atoms with Crippen LogP contribution in [0.1, 0.15) is 43.0 Å². The summed E-state index contributed by atoms with van der Waals surface area (Å²) in [5.74, 6) is 2.24. The molecule has 8 heteroatoms. The van der Waals surface area contributed by atoms with Crippen molar-refractivity contribution in [2.45, 2.75) is 31.2 Å². The van der Waals surface area contributed by atoms with Crippen molar-refractivity contribution in [3.63, 3.8) is 0 Å². The van der Waals surface area contributed by atoms with Gasteiger partial charge >= 0.3 is 0 Å². The third-order valence-electron chi connectivity index (χ3n) is 4.42. The average Bonchev–Trinajstić information content (AvgIpc) is 3.23. The predicted octanol–water partition coefficient (Wildman–Crippen LogP) is 3.81. The molecule has 1 aromatic carbocycles. The lowest BCUT2D eigenvalue weighted by atomic mass is 9.99. The van der Waals surface area contributed by atoms with Gasteiger partial charge in [0.1, 0.15) is 13.2 Å². The van der Waals surface area contributed by atoms with Crippen molar-refractivity contribution < 1.29 is 14.0 Å². The van der Waals surface area contributed by atoms with Gasteiger partial charge in [-0.1, -0.05) is 29.6 Å². The highest BCUT2D eigenvalue weighted by molar-refractivity contribution is 6.32. The molecule has 1 aromatic heterocycles. The number of hydrogen-bond acceptors (Lipinski definition) is 6. The molecule has 6 nitrogen and oxygen atoms in total. The quantitative estimate of drug-likeness (QED) is 0.867. The number of nitrogens with zero attached hydrogens (tertiary/aromatic N) is 2. The van der Waals surface area contributed by atoms with Crippen molar-refractivity contribution in [3.8, 4) is 11.5 Å². The van der Waals surface area contributed by atoms with Crippen LogP contribution in [0.15, 0.2) is 16.7 Å². The molecule has 1 aliphatic carbocycles. The van der Waals surface area contributed by atoms with E-state index in [4.69, 9.17) is 31.3 Å². The van der Waals surface area contributed by atoms with Crippen LogP contribution in [0, 0.1) is 0 Å². The summed E-state index contributed by atoms with van der Waals surface area (Å²) in [7, 11) is 0. The first-order valence-electron chi connectivity index (χ1n) is 8.04. The van der Waals surface area contributed by atoms with Crippen LogP contribution in [0.4, 0.5) is 0 Å². The van der Waals surface area contributed by atoms with Crippen LogP contribution in [0.3, 0.4) is 0 Å². The molecule has 2 aromatic rings. The molecule has 0 amide bonds. The fraction of sp³-hybridized carbons (Fsp3) is 0.412. The zero-order valence-corrected chi connectivity index (χ0v) is 15.1. The van der Waals surface area contributed by atoms with Gasteiger partial charge in [-0.3, -0.25) is 0 Å². The number of hydrogen-bond donors (Lipinski definition) is 1. The second-order valence-corrected chi connectivity index (χ2v) is 6.59. The Labute approximate surface area is 156 Å². The first kappa shape index (κ1) is 18.0. The second kappa shape index (κ2) is 7.23. The van der Waals surface area contributed by atoms with Crippen LogP contribution >= 0.6 is 24.0 Å². The fourth-order valence-electron chi connectivity index (χ4n) is 3.13. The molecule has 25 heavy (non-hydrogen) atoms. The highest BCUT2D eigenvalue weighted by Gasteiger charge is 2.35. The maximum atomic E-state index is 6.34. The number of benzene rings is 1. The largest absolute Gasteiger partial charge is 0.486 e. The molecule has 1 saturated carbocycles. The number of aromatic nitrogens is 2. The number of rotatable bonds is 3. The molecule has 0 saturated heterocycles. The van der Waals surface area contributed by atoms with E-state index in [1.54, 1.807) is 6.08 Å². The molecule has 134 valence electrons. The van der Waals surface area contributed by atoms with Crippen molar-refractivity contribution in [2.24, 2.45) is 5.73 Å². The molecule has 2 aliphatic rings. The van der Waals surface area contributed by atoms with Crippen molar-refractivity contribution in [3.05, 3.63) is 34.4 Å². The van der Waals surface area contributed by atoms with E-state index in [0.29, 0.717) is 41.5 Å². The number of fused-ring (bicyclic) bond motifs is 1. The van der Waals surface area contributed by atoms with Gasteiger partial charge in [0.25, 0.3) is 5.89 Å². The van der Waals surface area contributed by atoms with E-state index in [2.05, 4.69) is 10.1 Å². The van der Waals surface area contributed by atoms with Gasteiger partial charge in [0.05, 0.1) is 10.6 Å². The number of nitrogens with two attached hydrogens (primary N) is 1. The third-order valence-corrected chi connectivity index (χ3v) is 4.70. The summed E-state index contributed by atoms with van der Waals surface area (Å²) in [5, 5.41) is 4.56. The van der Waals surface area contributed by atoms with E-state index in [-0.39, 0.29) is 12.4 Å². The summed E-state index contributed by atoms with van der Waals surface area (Å²) < 4.78 is 16.4. The maximum absolute atomic E-state index is 6.34. The van der Waals surface area contributed by atoms with Gasteiger partial charge in [-0.05, 0) is 36.6 Å². The van der Waals surface area contributed by atoms with Gasteiger partial charge in [0, 0.05) is 6.08 Å². The Morgan fingerprint density at radius 2 is 1.88 bits per heavy atom. The molecule has 2 heterocycles. The second-order valence-electron chi connectivity index (χ2n) is 6.18. The van der Waals surface area contributed by atoms with E-state index in [1.165, 1.54) is 0 Å². The van der Waals surface area contributed by atoms with E-state index >= 15 is 0 Å². The predicted molar refractivity (Wildman–Crippen MR) is 97.2 cm³/mol. The zero-order chi connectivity index (χ0) is 16.6. The van der Waals surface area contributed by atoms with Gasteiger partial charge in [0.2, 0.25) is 0 Å². The first-order valence-corrected chi connectivity index (χ1v) is 8.42. The zero-order valence-electron chi connectivity index (χ0n) is 13.5. The molecule has 0 bridgehead atoms. The summed E-state index contributed by atoms with van der Waals surface area (Å²) in [6.45, 7) is 1.02. The number of ether oxygens (including phenoxy) is 2. The van der Waals surface area contributed by atoms with Crippen molar-refractivity contribution in [1.29, 1.82) is 0 Å². The molecule has 0 radical (unpaired) electrons. The van der Waals surface area contributed by atoms with Gasteiger partial charge in [-0.2, -0.15) is 4.98 Å². The van der Waals surface area contributed by atoms with E-state index in [9.17, 15) is 0 Å². The van der Waals surface area contributed by atoms with Gasteiger partial charge < -0.3 is 19.7 Å². The molecular formula is C17H19Cl2N3O3. The topological polar surface area (TPSA) is 83.4 Å². The van der Waals surface area contributed by atoms with Crippen LogP contribution in [-0.4, -0.2) is 23.4 Å². The lowest BCUT2D eigenvalue weighted by Gasteiger charge is -2.19. The van der Waals surface area contributed by atoms with Crippen LogP contribution in [0.5, 0.6) is 11.5 Å². The molecule has 0 unspecified atom stereocenters. The summed E-state index contributed by atoms with van der Waals surface area (Å²) in [6, 6.07) is 3.68. The molecule has 0 atom stereocenters. The van der Waals surface area contributed by atoms with E-state index in [0.717, 1.165) is 31.2 Å². The highest BCUT2D eigenvalue weighted by atomic mass is 35.5. The average molecular weight is 384 g/mol. The normalized spacial score (nSPS) is 18.3. The molecule has 0 spiro atoms. The molecule has 1 fully saturated rings. The molecular weight excluding hydrogens is 365 g/mol. The van der Waals surface area contributed by atoms with Crippen LogP contribution in [0.25, 0.3) is 12.2 Å². The first-order chi connectivity index (χ1) is 11.6. The summed E-state index contributed by atoms with van der Waals surface area (Å²) in [4.78, 5) is 4.41.